The average Bonchev–Trinajstić information content (AvgIpc) is 3.22. The first-order chi connectivity index (χ1) is 15.4. The monoisotopic (exact) mass is 457 g/mol. The number of thioether (sulfide) groups is 1. The number of hydrogen-bond donors (Lipinski definition) is 0. The van der Waals surface area contributed by atoms with E-state index in [9.17, 15) is 4.79 Å². The molecule has 3 rings (SSSR count). The number of methoxy groups -OCH3 is 3. The first-order valence-corrected chi connectivity index (χ1v) is 11.0. The highest BCUT2D eigenvalue weighted by Gasteiger charge is 2.21. The van der Waals surface area contributed by atoms with Crippen molar-refractivity contribution in [2.45, 2.75) is 25.9 Å². The Morgan fingerprint density at radius 2 is 1.66 bits per heavy atom. The van der Waals surface area contributed by atoms with Crippen molar-refractivity contribution in [1.29, 1.82) is 0 Å². The minimum Gasteiger partial charge on any atom is -0.493 e. The molecule has 0 saturated carbocycles. The van der Waals surface area contributed by atoms with Gasteiger partial charge in [0.05, 0.1) is 39.4 Å². The van der Waals surface area contributed by atoms with Gasteiger partial charge in [-0.05, 0) is 56.2 Å². The van der Waals surface area contributed by atoms with Crippen molar-refractivity contribution in [3.63, 3.8) is 0 Å². The number of rotatable bonds is 9. The van der Waals surface area contributed by atoms with Crippen LogP contribution < -0.4 is 14.2 Å². The zero-order valence-electron chi connectivity index (χ0n) is 19.1. The third kappa shape index (κ3) is 4.83. The Balaban J connectivity index is 2.16. The molecule has 170 valence electrons. The van der Waals surface area contributed by atoms with Gasteiger partial charge in [0.15, 0.2) is 22.5 Å². The van der Waals surface area contributed by atoms with Crippen LogP contribution in [0, 0.1) is 13.8 Å². The summed E-state index contributed by atoms with van der Waals surface area (Å²) in [5.41, 5.74) is 3.92. The zero-order valence-corrected chi connectivity index (χ0v) is 19.9. The maximum absolute atomic E-state index is 11.9. The first kappa shape index (κ1) is 23.5. The molecule has 0 unspecified atom stereocenters. The number of carbonyl (C=O) groups is 1. The number of aryl methyl sites for hydroxylation is 2. The molecule has 0 aliphatic heterocycles. The second kappa shape index (κ2) is 10.4. The van der Waals surface area contributed by atoms with Crippen LogP contribution >= 0.6 is 11.8 Å². The summed E-state index contributed by atoms with van der Waals surface area (Å²) >= 11 is 1.27. The summed E-state index contributed by atoms with van der Waals surface area (Å²) in [7, 11) is 4.69. The molecule has 8 nitrogen and oxygen atoms in total. The van der Waals surface area contributed by atoms with Gasteiger partial charge >= 0.3 is 5.97 Å². The van der Waals surface area contributed by atoms with E-state index in [2.05, 4.69) is 23.2 Å². The van der Waals surface area contributed by atoms with Crippen molar-refractivity contribution in [3.05, 3.63) is 41.5 Å². The Morgan fingerprint density at radius 3 is 2.22 bits per heavy atom. The van der Waals surface area contributed by atoms with Crippen LogP contribution in [0.25, 0.3) is 17.1 Å². The van der Waals surface area contributed by atoms with Crippen LogP contribution in [0.5, 0.6) is 17.2 Å². The van der Waals surface area contributed by atoms with Crippen molar-refractivity contribution in [3.8, 4) is 34.3 Å². The number of hydrogen-bond acceptors (Lipinski definition) is 8. The van der Waals surface area contributed by atoms with Gasteiger partial charge in [0.1, 0.15) is 0 Å². The summed E-state index contributed by atoms with van der Waals surface area (Å²) in [6.07, 6.45) is 0. The van der Waals surface area contributed by atoms with Gasteiger partial charge in [-0.2, -0.15) is 0 Å². The summed E-state index contributed by atoms with van der Waals surface area (Å²) < 4.78 is 23.4. The fraction of sp³-hybridized carbons (Fsp3) is 0.348. The normalized spacial score (nSPS) is 10.7. The smallest absolute Gasteiger partial charge is 0.316 e. The predicted octanol–water partition coefficient (Wildman–Crippen LogP) is 4.23. The molecule has 0 saturated heterocycles. The largest absolute Gasteiger partial charge is 0.493 e. The Bertz CT molecular complexity index is 1090. The highest BCUT2D eigenvalue weighted by atomic mass is 32.2. The lowest BCUT2D eigenvalue weighted by Gasteiger charge is -2.15. The highest BCUT2D eigenvalue weighted by molar-refractivity contribution is 7.99. The molecule has 0 amide bonds. The molecule has 0 N–H and O–H groups in total. The van der Waals surface area contributed by atoms with E-state index in [0.29, 0.717) is 34.8 Å². The molecule has 3 aromatic rings. The molecule has 0 atom stereocenters. The lowest BCUT2D eigenvalue weighted by atomic mass is 10.1. The fourth-order valence-electron chi connectivity index (χ4n) is 3.18. The molecule has 0 bridgehead atoms. The van der Waals surface area contributed by atoms with Crippen LogP contribution in [0.1, 0.15) is 18.1 Å². The third-order valence-electron chi connectivity index (χ3n) is 4.93. The standard InChI is InChI=1S/C23H27N3O5S/c1-7-31-20(27)13-32-23-25-24-22(26(23)17-9-8-14(2)15(3)10-17)16-11-18(28-4)21(30-6)19(12-16)29-5/h8-12H,7,13H2,1-6H3. The maximum atomic E-state index is 11.9. The number of esters is 1. The van der Waals surface area contributed by atoms with Crippen molar-refractivity contribution in [2.24, 2.45) is 0 Å². The lowest BCUT2D eigenvalue weighted by Crippen LogP contribution is -2.08. The second-order valence-electron chi connectivity index (χ2n) is 6.92. The molecule has 9 heteroatoms. The van der Waals surface area contributed by atoms with Crippen LogP contribution in [-0.2, 0) is 9.53 Å². The Labute approximate surface area is 191 Å². The minimum atomic E-state index is -0.304. The first-order valence-electron chi connectivity index (χ1n) is 10.0. The zero-order chi connectivity index (χ0) is 23.3. The molecule has 1 aromatic heterocycles. The molecule has 0 aliphatic carbocycles. The molecular formula is C23H27N3O5S. The van der Waals surface area contributed by atoms with Gasteiger partial charge in [-0.1, -0.05) is 17.8 Å². The number of benzene rings is 2. The SMILES string of the molecule is CCOC(=O)CSc1nnc(-c2cc(OC)c(OC)c(OC)c2)n1-c1ccc(C)c(C)c1. The number of ether oxygens (including phenoxy) is 4. The number of nitrogens with zero attached hydrogens (tertiary/aromatic N) is 3. The van der Waals surface area contributed by atoms with E-state index in [1.54, 1.807) is 28.3 Å². The summed E-state index contributed by atoms with van der Waals surface area (Å²) in [6.45, 7) is 6.22. The summed E-state index contributed by atoms with van der Waals surface area (Å²) in [4.78, 5) is 11.9. The number of carbonyl (C=O) groups excluding carboxylic acids is 1. The molecular weight excluding hydrogens is 430 g/mol. The van der Waals surface area contributed by atoms with Crippen molar-refractivity contribution in [2.75, 3.05) is 33.7 Å². The fourth-order valence-corrected chi connectivity index (χ4v) is 3.93. The topological polar surface area (TPSA) is 84.7 Å². The van der Waals surface area contributed by atoms with Crippen molar-refractivity contribution < 1.29 is 23.7 Å². The van der Waals surface area contributed by atoms with E-state index in [-0.39, 0.29) is 11.7 Å². The molecule has 0 fully saturated rings. The van der Waals surface area contributed by atoms with E-state index in [4.69, 9.17) is 18.9 Å². The molecule has 0 radical (unpaired) electrons. The Morgan fingerprint density at radius 1 is 0.969 bits per heavy atom. The van der Waals surface area contributed by atoms with Crippen LogP contribution in [0.2, 0.25) is 0 Å². The van der Waals surface area contributed by atoms with E-state index in [0.717, 1.165) is 16.8 Å². The summed E-state index contributed by atoms with van der Waals surface area (Å²) in [5.74, 6) is 1.93. The highest BCUT2D eigenvalue weighted by Crippen LogP contribution is 2.41. The molecule has 2 aromatic carbocycles. The Kier molecular flexibility index (Phi) is 7.63. The second-order valence-corrected chi connectivity index (χ2v) is 7.86. The van der Waals surface area contributed by atoms with Crippen LogP contribution in [0.3, 0.4) is 0 Å². The van der Waals surface area contributed by atoms with Crippen LogP contribution in [0.15, 0.2) is 35.5 Å². The number of aromatic nitrogens is 3. The molecule has 32 heavy (non-hydrogen) atoms. The molecule has 1 heterocycles. The quantitative estimate of drug-likeness (QED) is 0.349. The van der Waals surface area contributed by atoms with Gasteiger partial charge < -0.3 is 18.9 Å². The van der Waals surface area contributed by atoms with Gasteiger partial charge in [0.25, 0.3) is 0 Å². The van der Waals surface area contributed by atoms with E-state index >= 15 is 0 Å². The molecule has 0 aliphatic rings. The predicted molar refractivity (Wildman–Crippen MR) is 123 cm³/mol. The third-order valence-corrected chi connectivity index (χ3v) is 5.83. The average molecular weight is 458 g/mol. The van der Waals surface area contributed by atoms with Crippen molar-refractivity contribution >= 4 is 17.7 Å². The molecule has 0 spiro atoms. The summed E-state index contributed by atoms with van der Waals surface area (Å²) in [6, 6.07) is 9.76. The van der Waals surface area contributed by atoms with Gasteiger partial charge in [0, 0.05) is 5.56 Å². The van der Waals surface area contributed by atoms with Gasteiger partial charge in [0.2, 0.25) is 5.75 Å². The summed E-state index contributed by atoms with van der Waals surface area (Å²) in [5, 5.41) is 9.37. The van der Waals surface area contributed by atoms with Crippen LogP contribution in [0.4, 0.5) is 0 Å². The van der Waals surface area contributed by atoms with E-state index < -0.39 is 0 Å². The van der Waals surface area contributed by atoms with Gasteiger partial charge in [-0.15, -0.1) is 10.2 Å². The Hall–Kier alpha value is -3.20. The van der Waals surface area contributed by atoms with Crippen molar-refractivity contribution in [1.82, 2.24) is 14.8 Å². The van der Waals surface area contributed by atoms with E-state index in [1.165, 1.54) is 17.3 Å². The van der Waals surface area contributed by atoms with Gasteiger partial charge in [-0.3, -0.25) is 9.36 Å². The lowest BCUT2D eigenvalue weighted by molar-refractivity contribution is -0.139. The van der Waals surface area contributed by atoms with Gasteiger partial charge in [-0.25, -0.2) is 0 Å². The maximum Gasteiger partial charge on any atom is 0.316 e. The minimum absolute atomic E-state index is 0.131. The van der Waals surface area contributed by atoms with E-state index in [1.807, 2.05) is 35.8 Å². The van der Waals surface area contributed by atoms with Crippen LogP contribution in [-0.4, -0.2) is 54.4 Å².